The molecule has 0 saturated carbocycles. The fourth-order valence-electron chi connectivity index (χ4n) is 3.89. The molecule has 5 rings (SSSR count). The first-order valence-corrected chi connectivity index (χ1v) is 12.3. The molecule has 172 valence electrons. The van der Waals surface area contributed by atoms with E-state index in [0.717, 1.165) is 16.6 Å². The predicted molar refractivity (Wildman–Crippen MR) is 131 cm³/mol. The summed E-state index contributed by atoms with van der Waals surface area (Å²) in [5.41, 5.74) is 3.03. The molecule has 0 aliphatic rings. The van der Waals surface area contributed by atoms with Crippen LogP contribution in [-0.2, 0) is 9.84 Å². The van der Waals surface area contributed by atoms with E-state index in [1.165, 1.54) is 4.52 Å². The van der Waals surface area contributed by atoms with Gasteiger partial charge in [0, 0.05) is 5.39 Å². The Bertz CT molecular complexity index is 1640. The van der Waals surface area contributed by atoms with Crippen LogP contribution in [0, 0.1) is 13.8 Å². The molecule has 5 aromatic rings. The van der Waals surface area contributed by atoms with Gasteiger partial charge in [0.15, 0.2) is 5.65 Å². The third kappa shape index (κ3) is 3.63. The SMILES string of the molecule is CCOc1ccccc1Nc1nc2c(S(=O)(=O)c3cc(C)ccc3C)nnn2c2ccccc12. The Balaban J connectivity index is 1.74. The molecule has 0 atom stereocenters. The molecule has 0 aliphatic heterocycles. The minimum absolute atomic E-state index is 0.149. The Morgan fingerprint density at radius 2 is 1.76 bits per heavy atom. The van der Waals surface area contributed by atoms with Crippen molar-refractivity contribution < 1.29 is 13.2 Å². The quantitative estimate of drug-likeness (QED) is 0.376. The number of hydrogen-bond donors (Lipinski definition) is 1. The van der Waals surface area contributed by atoms with Gasteiger partial charge < -0.3 is 10.1 Å². The number of benzene rings is 3. The second kappa shape index (κ2) is 8.42. The molecule has 0 unspecified atom stereocenters. The van der Waals surface area contributed by atoms with Gasteiger partial charge in [0.1, 0.15) is 11.6 Å². The Labute approximate surface area is 197 Å². The van der Waals surface area contributed by atoms with E-state index in [9.17, 15) is 8.42 Å². The van der Waals surface area contributed by atoms with Gasteiger partial charge in [-0.3, -0.25) is 0 Å². The Kier molecular flexibility index (Phi) is 5.41. The monoisotopic (exact) mass is 473 g/mol. The van der Waals surface area contributed by atoms with Crippen LogP contribution in [0.25, 0.3) is 16.6 Å². The number of nitrogens with one attached hydrogen (secondary N) is 1. The van der Waals surface area contributed by atoms with Crippen LogP contribution in [0.5, 0.6) is 5.75 Å². The normalized spacial score (nSPS) is 11.7. The molecule has 2 aromatic heterocycles. The maximum Gasteiger partial charge on any atom is 0.229 e. The zero-order valence-electron chi connectivity index (χ0n) is 19.0. The van der Waals surface area contributed by atoms with Crippen LogP contribution in [0.3, 0.4) is 0 Å². The number of aryl methyl sites for hydroxylation is 2. The van der Waals surface area contributed by atoms with Crippen molar-refractivity contribution in [1.82, 2.24) is 19.8 Å². The van der Waals surface area contributed by atoms with Crippen molar-refractivity contribution in [2.75, 3.05) is 11.9 Å². The molecule has 0 spiro atoms. The summed E-state index contributed by atoms with van der Waals surface area (Å²) in [6.45, 7) is 6.04. The molecule has 0 bridgehead atoms. The van der Waals surface area contributed by atoms with Crippen LogP contribution in [0.2, 0.25) is 0 Å². The summed E-state index contributed by atoms with van der Waals surface area (Å²) < 4.78 is 34.5. The third-order valence-electron chi connectivity index (χ3n) is 5.55. The second-order valence-corrected chi connectivity index (χ2v) is 9.77. The first kappa shape index (κ1) is 21.8. The second-order valence-electron chi connectivity index (χ2n) is 7.93. The van der Waals surface area contributed by atoms with Gasteiger partial charge in [-0.05, 0) is 62.2 Å². The highest BCUT2D eigenvalue weighted by atomic mass is 32.2. The van der Waals surface area contributed by atoms with Crippen LogP contribution >= 0.6 is 0 Å². The number of rotatable bonds is 6. The van der Waals surface area contributed by atoms with Gasteiger partial charge in [-0.1, -0.05) is 41.6 Å². The van der Waals surface area contributed by atoms with Crippen molar-refractivity contribution in [3.05, 3.63) is 77.9 Å². The fraction of sp³-hybridized carbons (Fsp3) is 0.160. The molecule has 2 heterocycles. The van der Waals surface area contributed by atoms with Crippen molar-refractivity contribution in [3.63, 3.8) is 0 Å². The van der Waals surface area contributed by atoms with Gasteiger partial charge in [0.2, 0.25) is 14.9 Å². The number of anilines is 2. The van der Waals surface area contributed by atoms with Gasteiger partial charge >= 0.3 is 0 Å². The minimum Gasteiger partial charge on any atom is -0.492 e. The summed E-state index contributed by atoms with van der Waals surface area (Å²) in [7, 11) is -3.96. The highest BCUT2D eigenvalue weighted by Gasteiger charge is 2.28. The number of sulfone groups is 1. The van der Waals surface area contributed by atoms with Crippen LogP contribution < -0.4 is 10.1 Å². The van der Waals surface area contributed by atoms with Gasteiger partial charge in [-0.25, -0.2) is 13.4 Å². The van der Waals surface area contributed by atoms with E-state index in [4.69, 9.17) is 9.72 Å². The summed E-state index contributed by atoms with van der Waals surface area (Å²) in [5.74, 6) is 1.15. The molecular weight excluding hydrogens is 450 g/mol. The van der Waals surface area contributed by atoms with Crippen LogP contribution in [0.1, 0.15) is 18.1 Å². The van der Waals surface area contributed by atoms with Crippen molar-refractivity contribution >= 4 is 37.9 Å². The zero-order chi connectivity index (χ0) is 23.9. The molecule has 3 aromatic carbocycles. The molecule has 0 fully saturated rings. The van der Waals surface area contributed by atoms with Crippen LogP contribution in [0.15, 0.2) is 76.7 Å². The number of aromatic nitrogens is 4. The highest BCUT2D eigenvalue weighted by Crippen LogP contribution is 2.33. The van der Waals surface area contributed by atoms with Crippen LogP contribution in [0.4, 0.5) is 11.5 Å². The molecule has 1 N–H and O–H groups in total. The van der Waals surface area contributed by atoms with E-state index in [1.54, 1.807) is 19.1 Å². The Morgan fingerprint density at radius 3 is 2.59 bits per heavy atom. The van der Waals surface area contributed by atoms with Gasteiger partial charge in [-0.15, -0.1) is 5.10 Å². The van der Waals surface area contributed by atoms with E-state index >= 15 is 0 Å². The maximum absolute atomic E-state index is 13.6. The lowest BCUT2D eigenvalue weighted by Crippen LogP contribution is -2.07. The fourth-order valence-corrected chi connectivity index (χ4v) is 5.45. The summed E-state index contributed by atoms with van der Waals surface area (Å²) in [4.78, 5) is 4.89. The number of fused-ring (bicyclic) bond motifs is 3. The molecule has 0 saturated heterocycles. The lowest BCUT2D eigenvalue weighted by molar-refractivity contribution is 0.342. The Hall–Kier alpha value is -3.98. The van der Waals surface area contributed by atoms with Crippen molar-refractivity contribution in [2.45, 2.75) is 30.7 Å². The molecule has 9 heteroatoms. The van der Waals surface area contributed by atoms with Gasteiger partial charge in [-0.2, -0.15) is 4.52 Å². The molecule has 0 aliphatic carbocycles. The number of hydrogen-bond acceptors (Lipinski definition) is 7. The first-order chi connectivity index (χ1) is 16.4. The van der Waals surface area contributed by atoms with E-state index in [1.807, 2.05) is 68.4 Å². The average molecular weight is 474 g/mol. The van der Waals surface area contributed by atoms with E-state index in [2.05, 4.69) is 15.6 Å². The lowest BCUT2D eigenvalue weighted by Gasteiger charge is -2.14. The standard InChI is InChI=1S/C25H23N5O3S/c1-4-33-21-12-8-6-10-19(21)26-23-18-9-5-7-11-20(18)30-24(27-23)25(28-29-30)34(31,32)22-15-16(2)13-14-17(22)3/h5-15H,4H2,1-3H3,(H,26,27). The molecule has 0 radical (unpaired) electrons. The highest BCUT2D eigenvalue weighted by molar-refractivity contribution is 7.91. The van der Waals surface area contributed by atoms with E-state index in [-0.39, 0.29) is 15.6 Å². The van der Waals surface area contributed by atoms with Crippen LogP contribution in [-0.4, -0.2) is 34.8 Å². The van der Waals surface area contributed by atoms with Gasteiger partial charge in [0.25, 0.3) is 0 Å². The largest absolute Gasteiger partial charge is 0.492 e. The van der Waals surface area contributed by atoms with Gasteiger partial charge in [0.05, 0.1) is 22.7 Å². The molecule has 0 amide bonds. The zero-order valence-corrected chi connectivity index (χ0v) is 19.8. The number of para-hydroxylation sites is 3. The smallest absolute Gasteiger partial charge is 0.229 e. The first-order valence-electron chi connectivity index (χ1n) is 10.9. The maximum atomic E-state index is 13.6. The summed E-state index contributed by atoms with van der Waals surface area (Å²) in [5, 5.41) is 12.1. The summed E-state index contributed by atoms with van der Waals surface area (Å²) in [6.07, 6.45) is 0. The third-order valence-corrected chi connectivity index (χ3v) is 7.34. The van der Waals surface area contributed by atoms with E-state index < -0.39 is 9.84 Å². The lowest BCUT2D eigenvalue weighted by atomic mass is 10.2. The minimum atomic E-state index is -3.96. The van der Waals surface area contributed by atoms with E-state index in [0.29, 0.717) is 29.3 Å². The number of nitrogens with zero attached hydrogens (tertiary/aromatic N) is 4. The van der Waals surface area contributed by atoms with Crippen molar-refractivity contribution in [1.29, 1.82) is 0 Å². The predicted octanol–water partition coefficient (Wildman–Crippen LogP) is 4.87. The number of ether oxygens (including phenoxy) is 1. The van der Waals surface area contributed by atoms with Crippen molar-refractivity contribution in [3.8, 4) is 5.75 Å². The Morgan fingerprint density at radius 1 is 1.00 bits per heavy atom. The molecular formula is C25H23N5O3S. The van der Waals surface area contributed by atoms with Crippen molar-refractivity contribution in [2.24, 2.45) is 0 Å². The molecule has 8 nitrogen and oxygen atoms in total. The topological polar surface area (TPSA) is 98.5 Å². The summed E-state index contributed by atoms with van der Waals surface area (Å²) >= 11 is 0. The average Bonchev–Trinajstić information content (AvgIpc) is 3.27. The summed E-state index contributed by atoms with van der Waals surface area (Å²) in [6, 6.07) is 20.3. The molecule has 34 heavy (non-hydrogen) atoms.